The maximum Gasteiger partial charge on any atom is 0.417 e. The Bertz CT molecular complexity index is 1060. The third kappa shape index (κ3) is 4.73. The largest absolute Gasteiger partial charge is 0.494 e. The molecule has 0 aliphatic rings. The molecule has 3 aromatic rings. The standard InChI is InChI=1S/C22H21ClF3NO3/c1-3-29-21(28)20-15(6-5-11-30-14-9-10-17(23)13(2)12-14)19-16(22(24,25)26)7-4-8-18(19)27-20/h4,7-10,12,27H,3,5-6,11H2,1-2H3. The number of esters is 1. The van der Waals surface area contributed by atoms with Crippen LogP contribution in [-0.2, 0) is 17.3 Å². The predicted molar refractivity (Wildman–Crippen MR) is 109 cm³/mol. The van der Waals surface area contributed by atoms with Gasteiger partial charge in [0.05, 0.1) is 18.8 Å². The number of fused-ring (bicyclic) bond motifs is 1. The Morgan fingerprint density at radius 3 is 2.63 bits per heavy atom. The molecule has 0 unspecified atom stereocenters. The summed E-state index contributed by atoms with van der Waals surface area (Å²) in [6, 6.07) is 9.09. The van der Waals surface area contributed by atoms with Gasteiger partial charge in [-0.2, -0.15) is 13.2 Å². The van der Waals surface area contributed by atoms with Gasteiger partial charge < -0.3 is 14.5 Å². The molecule has 0 spiro atoms. The fourth-order valence-electron chi connectivity index (χ4n) is 3.33. The zero-order valence-electron chi connectivity index (χ0n) is 16.5. The van der Waals surface area contributed by atoms with Crippen molar-refractivity contribution >= 4 is 28.5 Å². The third-order valence-electron chi connectivity index (χ3n) is 4.68. The summed E-state index contributed by atoms with van der Waals surface area (Å²) in [6.45, 7) is 3.89. The number of aromatic nitrogens is 1. The summed E-state index contributed by atoms with van der Waals surface area (Å²) < 4.78 is 51.4. The number of carbonyl (C=O) groups excluding carboxylic acids is 1. The van der Waals surface area contributed by atoms with Gasteiger partial charge in [-0.15, -0.1) is 0 Å². The van der Waals surface area contributed by atoms with Gasteiger partial charge >= 0.3 is 12.1 Å². The lowest BCUT2D eigenvalue weighted by Crippen LogP contribution is -2.10. The molecule has 1 heterocycles. The Morgan fingerprint density at radius 2 is 1.97 bits per heavy atom. The van der Waals surface area contributed by atoms with Crippen molar-refractivity contribution in [2.24, 2.45) is 0 Å². The summed E-state index contributed by atoms with van der Waals surface area (Å²) in [4.78, 5) is 15.1. The second-order valence-corrected chi connectivity index (χ2v) is 7.20. The first-order chi connectivity index (χ1) is 14.2. The summed E-state index contributed by atoms with van der Waals surface area (Å²) in [6.07, 6.45) is -3.92. The monoisotopic (exact) mass is 439 g/mol. The smallest absolute Gasteiger partial charge is 0.417 e. The molecule has 0 aliphatic heterocycles. The van der Waals surface area contributed by atoms with Crippen LogP contribution < -0.4 is 4.74 Å². The maximum absolute atomic E-state index is 13.6. The minimum absolute atomic E-state index is 0.00427. The van der Waals surface area contributed by atoms with Crippen LogP contribution in [0.15, 0.2) is 36.4 Å². The predicted octanol–water partition coefficient (Wildman–Crippen LogP) is 6.34. The molecule has 0 saturated heterocycles. The first-order valence-electron chi connectivity index (χ1n) is 9.49. The summed E-state index contributed by atoms with van der Waals surface area (Å²) in [7, 11) is 0. The van der Waals surface area contributed by atoms with Crippen LogP contribution >= 0.6 is 11.6 Å². The molecule has 0 fully saturated rings. The van der Waals surface area contributed by atoms with Crippen LogP contribution in [0.25, 0.3) is 10.9 Å². The van der Waals surface area contributed by atoms with Crippen LogP contribution in [0, 0.1) is 6.92 Å². The lowest BCUT2D eigenvalue weighted by atomic mass is 10.0. The van der Waals surface area contributed by atoms with Crippen molar-refractivity contribution in [1.29, 1.82) is 0 Å². The number of hydrogen-bond donors (Lipinski definition) is 1. The topological polar surface area (TPSA) is 51.3 Å². The number of hydrogen-bond acceptors (Lipinski definition) is 3. The van der Waals surface area contributed by atoms with Gasteiger partial charge in [0.15, 0.2) is 0 Å². The number of halogens is 4. The lowest BCUT2D eigenvalue weighted by molar-refractivity contribution is -0.136. The van der Waals surface area contributed by atoms with E-state index in [1.54, 1.807) is 25.1 Å². The highest BCUT2D eigenvalue weighted by Crippen LogP contribution is 2.38. The molecule has 0 radical (unpaired) electrons. The van der Waals surface area contributed by atoms with E-state index in [2.05, 4.69) is 4.98 Å². The normalized spacial score (nSPS) is 11.7. The summed E-state index contributed by atoms with van der Waals surface area (Å²) in [5, 5.41) is 0.621. The Balaban J connectivity index is 1.87. The van der Waals surface area contributed by atoms with Crippen molar-refractivity contribution in [2.75, 3.05) is 13.2 Å². The van der Waals surface area contributed by atoms with E-state index in [4.69, 9.17) is 21.1 Å². The van der Waals surface area contributed by atoms with Crippen molar-refractivity contribution in [3.05, 3.63) is 63.8 Å². The van der Waals surface area contributed by atoms with Crippen molar-refractivity contribution in [2.45, 2.75) is 32.9 Å². The van der Waals surface area contributed by atoms with Gasteiger partial charge in [0.25, 0.3) is 0 Å². The van der Waals surface area contributed by atoms with E-state index in [1.807, 2.05) is 6.92 Å². The highest BCUT2D eigenvalue weighted by molar-refractivity contribution is 6.31. The van der Waals surface area contributed by atoms with Gasteiger partial charge in [-0.05, 0) is 68.1 Å². The average Bonchev–Trinajstić information content (AvgIpc) is 3.06. The zero-order chi connectivity index (χ0) is 21.9. The zero-order valence-corrected chi connectivity index (χ0v) is 17.3. The van der Waals surface area contributed by atoms with E-state index in [9.17, 15) is 18.0 Å². The van der Waals surface area contributed by atoms with Crippen LogP contribution in [0.2, 0.25) is 5.02 Å². The molecule has 0 saturated carbocycles. The van der Waals surface area contributed by atoms with Gasteiger partial charge in [0.1, 0.15) is 11.4 Å². The molecule has 1 aromatic heterocycles. The molecule has 2 aromatic carbocycles. The number of alkyl halides is 3. The number of H-pyrrole nitrogens is 1. The third-order valence-corrected chi connectivity index (χ3v) is 5.11. The Hall–Kier alpha value is -2.67. The van der Waals surface area contributed by atoms with Crippen LogP contribution in [0.3, 0.4) is 0 Å². The molecule has 0 bridgehead atoms. The van der Waals surface area contributed by atoms with Crippen molar-refractivity contribution < 1.29 is 27.4 Å². The molecular formula is C22H21ClF3NO3. The van der Waals surface area contributed by atoms with Gasteiger partial charge in [-0.3, -0.25) is 0 Å². The van der Waals surface area contributed by atoms with Gasteiger partial charge in [0.2, 0.25) is 0 Å². The van der Waals surface area contributed by atoms with Gasteiger partial charge in [-0.25, -0.2) is 4.79 Å². The van der Waals surface area contributed by atoms with E-state index in [1.165, 1.54) is 12.1 Å². The van der Waals surface area contributed by atoms with E-state index < -0.39 is 17.7 Å². The summed E-state index contributed by atoms with van der Waals surface area (Å²) >= 11 is 5.99. The van der Waals surface area contributed by atoms with Crippen LogP contribution in [0.4, 0.5) is 13.2 Å². The Kier molecular flexibility index (Phi) is 6.61. The van der Waals surface area contributed by atoms with Crippen molar-refractivity contribution in [3.8, 4) is 5.75 Å². The molecule has 0 amide bonds. The molecule has 30 heavy (non-hydrogen) atoms. The number of benzene rings is 2. The van der Waals surface area contributed by atoms with E-state index in [-0.39, 0.29) is 41.8 Å². The van der Waals surface area contributed by atoms with Gasteiger partial charge in [0, 0.05) is 15.9 Å². The number of rotatable bonds is 7. The van der Waals surface area contributed by atoms with E-state index >= 15 is 0 Å². The van der Waals surface area contributed by atoms with E-state index in [0.29, 0.717) is 17.2 Å². The molecule has 1 N–H and O–H groups in total. The SMILES string of the molecule is CCOC(=O)c1[nH]c2cccc(C(F)(F)F)c2c1CCCOc1ccc(Cl)c(C)c1. The number of carbonyl (C=O) groups is 1. The fraction of sp³-hybridized carbons (Fsp3) is 0.318. The van der Waals surface area contributed by atoms with Gasteiger partial charge in [-0.1, -0.05) is 17.7 Å². The number of nitrogens with one attached hydrogen (secondary N) is 1. The number of aryl methyl sites for hydroxylation is 2. The second kappa shape index (κ2) is 9.00. The lowest BCUT2D eigenvalue weighted by Gasteiger charge is -2.11. The minimum Gasteiger partial charge on any atom is -0.494 e. The van der Waals surface area contributed by atoms with Crippen molar-refractivity contribution in [3.63, 3.8) is 0 Å². The van der Waals surface area contributed by atoms with Crippen LogP contribution in [0.5, 0.6) is 5.75 Å². The van der Waals surface area contributed by atoms with Crippen LogP contribution in [0.1, 0.15) is 40.5 Å². The molecule has 160 valence electrons. The number of ether oxygens (including phenoxy) is 2. The molecule has 3 rings (SSSR count). The minimum atomic E-state index is -4.54. The Labute approximate surface area is 176 Å². The number of aromatic amines is 1. The maximum atomic E-state index is 13.6. The first kappa shape index (κ1) is 22.0. The van der Waals surface area contributed by atoms with E-state index in [0.717, 1.165) is 11.6 Å². The summed E-state index contributed by atoms with van der Waals surface area (Å²) in [5.41, 5.74) is 0.663. The summed E-state index contributed by atoms with van der Waals surface area (Å²) in [5.74, 6) is -0.0523. The Morgan fingerprint density at radius 1 is 1.20 bits per heavy atom. The average molecular weight is 440 g/mol. The molecule has 8 heteroatoms. The first-order valence-corrected chi connectivity index (χ1v) is 9.87. The molecular weight excluding hydrogens is 419 g/mol. The quantitative estimate of drug-likeness (QED) is 0.345. The highest BCUT2D eigenvalue weighted by Gasteiger charge is 2.35. The highest BCUT2D eigenvalue weighted by atomic mass is 35.5. The second-order valence-electron chi connectivity index (χ2n) is 6.79. The fourth-order valence-corrected chi connectivity index (χ4v) is 3.44. The van der Waals surface area contributed by atoms with Crippen molar-refractivity contribution in [1.82, 2.24) is 4.98 Å². The molecule has 4 nitrogen and oxygen atoms in total. The molecule has 0 atom stereocenters. The molecule has 0 aliphatic carbocycles. The van der Waals surface area contributed by atoms with Crippen LogP contribution in [-0.4, -0.2) is 24.2 Å².